The van der Waals surface area contributed by atoms with Crippen LogP contribution in [-0.4, -0.2) is 15.0 Å². The van der Waals surface area contributed by atoms with Crippen molar-refractivity contribution in [1.82, 2.24) is 0 Å². The first-order chi connectivity index (χ1) is 11.9. The van der Waals surface area contributed by atoms with Crippen LogP contribution in [0.4, 0.5) is 5.69 Å². The van der Waals surface area contributed by atoms with Gasteiger partial charge in [-0.2, -0.15) is 0 Å². The Hall–Kier alpha value is -2.31. The molecule has 128 valence electrons. The molecule has 0 saturated carbocycles. The number of nitrogens with zero attached hydrogens (tertiary/aromatic N) is 1. The summed E-state index contributed by atoms with van der Waals surface area (Å²) >= 11 is 6.03. The van der Waals surface area contributed by atoms with E-state index >= 15 is 0 Å². The van der Waals surface area contributed by atoms with Crippen LogP contribution in [0.1, 0.15) is 12.0 Å². The largest absolute Gasteiger partial charge is 0.423 e. The third-order valence-electron chi connectivity index (χ3n) is 4.30. The van der Waals surface area contributed by atoms with Gasteiger partial charge in [-0.25, -0.2) is 13.2 Å². The summed E-state index contributed by atoms with van der Waals surface area (Å²) in [5, 5.41) is 1.16. The van der Waals surface area contributed by atoms with Crippen LogP contribution in [-0.2, 0) is 16.4 Å². The second-order valence-corrected chi connectivity index (χ2v) is 8.21. The molecule has 3 aromatic rings. The highest BCUT2D eigenvalue weighted by atomic mass is 35.5. The number of anilines is 1. The van der Waals surface area contributed by atoms with Crippen molar-refractivity contribution in [2.24, 2.45) is 0 Å². The topological polar surface area (TPSA) is 67.6 Å². The SMILES string of the molecule is O=c1ccc2cc(S(=O)(=O)N3CCCc4cc(Cl)ccc43)ccc2o1. The molecule has 0 fully saturated rings. The Balaban J connectivity index is 1.83. The van der Waals surface area contributed by atoms with Crippen molar-refractivity contribution in [1.29, 1.82) is 0 Å². The Bertz CT molecular complexity index is 1140. The lowest BCUT2D eigenvalue weighted by atomic mass is 10.0. The van der Waals surface area contributed by atoms with Crippen LogP contribution in [0.15, 0.2) is 62.6 Å². The van der Waals surface area contributed by atoms with Gasteiger partial charge in [0, 0.05) is 23.0 Å². The number of sulfonamides is 1. The number of hydrogen-bond acceptors (Lipinski definition) is 4. The van der Waals surface area contributed by atoms with Crippen molar-refractivity contribution >= 4 is 38.3 Å². The van der Waals surface area contributed by atoms with Gasteiger partial charge in [-0.3, -0.25) is 4.31 Å². The number of fused-ring (bicyclic) bond motifs is 2. The lowest BCUT2D eigenvalue weighted by Gasteiger charge is -2.30. The molecule has 0 atom stereocenters. The Morgan fingerprint density at radius 1 is 1.04 bits per heavy atom. The van der Waals surface area contributed by atoms with Crippen molar-refractivity contribution in [2.75, 3.05) is 10.8 Å². The van der Waals surface area contributed by atoms with Crippen LogP contribution in [0.2, 0.25) is 5.02 Å². The van der Waals surface area contributed by atoms with Crippen molar-refractivity contribution in [3.63, 3.8) is 0 Å². The summed E-state index contributed by atoms with van der Waals surface area (Å²) in [5.41, 5.74) is 1.48. The molecular formula is C18H14ClNO4S. The van der Waals surface area contributed by atoms with Crippen LogP contribution in [0.3, 0.4) is 0 Å². The first kappa shape index (κ1) is 16.2. The molecule has 7 heteroatoms. The third kappa shape index (κ3) is 2.81. The normalized spacial score (nSPS) is 14.5. The lowest BCUT2D eigenvalue weighted by molar-refractivity contribution is 0.560. The zero-order valence-corrected chi connectivity index (χ0v) is 14.7. The first-order valence-corrected chi connectivity index (χ1v) is 9.62. The molecule has 0 saturated heterocycles. The number of rotatable bonds is 2. The van der Waals surface area contributed by atoms with Gasteiger partial charge in [-0.1, -0.05) is 11.6 Å². The molecule has 0 spiro atoms. The molecule has 0 bridgehead atoms. The number of halogens is 1. The average Bonchev–Trinajstić information content (AvgIpc) is 2.60. The third-order valence-corrected chi connectivity index (χ3v) is 6.34. The molecular weight excluding hydrogens is 362 g/mol. The molecule has 0 N–H and O–H groups in total. The van der Waals surface area contributed by atoms with E-state index in [2.05, 4.69) is 0 Å². The number of hydrogen-bond donors (Lipinski definition) is 0. The predicted molar refractivity (Wildman–Crippen MR) is 96.8 cm³/mol. The molecule has 2 aromatic carbocycles. The molecule has 1 aliphatic rings. The van der Waals surface area contributed by atoms with Crippen LogP contribution in [0.5, 0.6) is 0 Å². The first-order valence-electron chi connectivity index (χ1n) is 7.80. The van der Waals surface area contributed by atoms with E-state index < -0.39 is 15.6 Å². The summed E-state index contributed by atoms with van der Waals surface area (Å²) in [6, 6.07) is 12.6. The van der Waals surface area contributed by atoms with Gasteiger partial charge in [-0.05, 0) is 60.9 Å². The maximum Gasteiger partial charge on any atom is 0.336 e. The van der Waals surface area contributed by atoms with E-state index in [4.69, 9.17) is 16.0 Å². The molecule has 0 radical (unpaired) electrons. The van der Waals surface area contributed by atoms with E-state index in [0.717, 1.165) is 18.4 Å². The van der Waals surface area contributed by atoms with Gasteiger partial charge in [0.1, 0.15) is 5.58 Å². The minimum atomic E-state index is -3.72. The molecule has 25 heavy (non-hydrogen) atoms. The van der Waals surface area contributed by atoms with Crippen molar-refractivity contribution < 1.29 is 12.8 Å². The maximum atomic E-state index is 13.1. The van der Waals surface area contributed by atoms with E-state index in [-0.39, 0.29) is 4.90 Å². The van der Waals surface area contributed by atoms with Gasteiger partial charge in [0.2, 0.25) is 0 Å². The second-order valence-electron chi connectivity index (χ2n) is 5.91. The minimum Gasteiger partial charge on any atom is -0.423 e. The Morgan fingerprint density at radius 2 is 1.88 bits per heavy atom. The van der Waals surface area contributed by atoms with Crippen LogP contribution in [0.25, 0.3) is 11.0 Å². The lowest BCUT2D eigenvalue weighted by Crippen LogP contribution is -2.35. The monoisotopic (exact) mass is 375 g/mol. The highest BCUT2D eigenvalue weighted by Gasteiger charge is 2.29. The fourth-order valence-corrected chi connectivity index (χ4v) is 4.89. The maximum absolute atomic E-state index is 13.1. The molecule has 1 aromatic heterocycles. The van der Waals surface area contributed by atoms with E-state index in [1.54, 1.807) is 18.2 Å². The van der Waals surface area contributed by atoms with E-state index in [9.17, 15) is 13.2 Å². The highest BCUT2D eigenvalue weighted by Crippen LogP contribution is 2.34. The van der Waals surface area contributed by atoms with Crippen molar-refractivity contribution in [3.8, 4) is 0 Å². The predicted octanol–water partition coefficient (Wildman–Crippen LogP) is 3.59. The zero-order chi connectivity index (χ0) is 17.6. The Labute approximate surface area is 149 Å². The molecule has 1 aliphatic heterocycles. The van der Waals surface area contributed by atoms with Gasteiger partial charge in [0.15, 0.2) is 0 Å². The molecule has 0 unspecified atom stereocenters. The van der Waals surface area contributed by atoms with Crippen LogP contribution < -0.4 is 9.93 Å². The summed E-state index contributed by atoms with van der Waals surface area (Å²) in [6.07, 6.45) is 1.53. The summed E-state index contributed by atoms with van der Waals surface area (Å²) in [7, 11) is -3.72. The van der Waals surface area contributed by atoms with E-state index in [1.807, 2.05) is 6.07 Å². The Morgan fingerprint density at radius 3 is 2.72 bits per heavy atom. The summed E-state index contributed by atoms with van der Waals surface area (Å²) in [4.78, 5) is 11.4. The van der Waals surface area contributed by atoms with Crippen LogP contribution >= 0.6 is 11.6 Å². The fourth-order valence-electron chi connectivity index (χ4n) is 3.12. The fraction of sp³-hybridized carbons (Fsp3) is 0.167. The highest BCUT2D eigenvalue weighted by molar-refractivity contribution is 7.92. The average molecular weight is 376 g/mol. The molecule has 0 aliphatic carbocycles. The molecule has 0 amide bonds. The molecule has 2 heterocycles. The quantitative estimate of drug-likeness (QED) is 0.642. The zero-order valence-electron chi connectivity index (χ0n) is 13.1. The van der Waals surface area contributed by atoms with Crippen molar-refractivity contribution in [2.45, 2.75) is 17.7 Å². The van der Waals surface area contributed by atoms with Gasteiger partial charge in [0.25, 0.3) is 10.0 Å². The number of benzene rings is 2. The van der Waals surface area contributed by atoms with Gasteiger partial charge >= 0.3 is 5.63 Å². The standard InChI is InChI=1S/C18H14ClNO4S/c19-14-4-6-16-12(10-14)2-1-9-20(16)25(22,23)15-5-7-17-13(11-15)3-8-18(21)24-17/h3-8,10-11H,1-2,9H2. The van der Waals surface area contributed by atoms with Gasteiger partial charge < -0.3 is 4.42 Å². The second kappa shape index (κ2) is 5.89. The van der Waals surface area contributed by atoms with Crippen LogP contribution in [0, 0.1) is 0 Å². The van der Waals surface area contributed by atoms with Gasteiger partial charge in [0.05, 0.1) is 10.6 Å². The van der Waals surface area contributed by atoms with E-state index in [0.29, 0.717) is 28.2 Å². The number of aryl methyl sites for hydroxylation is 1. The van der Waals surface area contributed by atoms with Gasteiger partial charge in [-0.15, -0.1) is 0 Å². The smallest absolute Gasteiger partial charge is 0.336 e. The molecule has 4 rings (SSSR count). The summed E-state index contributed by atoms with van der Waals surface area (Å²) in [5.74, 6) is 0. The summed E-state index contributed by atoms with van der Waals surface area (Å²) < 4.78 is 32.8. The van der Waals surface area contributed by atoms with Crippen molar-refractivity contribution in [3.05, 3.63) is 69.5 Å². The minimum absolute atomic E-state index is 0.164. The molecule has 5 nitrogen and oxygen atoms in total. The van der Waals surface area contributed by atoms with E-state index in [1.165, 1.54) is 28.6 Å². The summed E-state index contributed by atoms with van der Waals surface area (Å²) in [6.45, 7) is 0.416. The Kier molecular flexibility index (Phi) is 3.81.